The van der Waals surface area contributed by atoms with Gasteiger partial charge in [0.2, 0.25) is 0 Å². The van der Waals surface area contributed by atoms with Crippen LogP contribution in [0.3, 0.4) is 0 Å². The van der Waals surface area contributed by atoms with Gasteiger partial charge in [-0.2, -0.15) is 0 Å². The largest absolute Gasteiger partial charge is 0.349 e. The van der Waals surface area contributed by atoms with Crippen molar-refractivity contribution in [2.45, 2.75) is 25.7 Å². The maximum Gasteiger partial charge on any atom is 0.299 e. The van der Waals surface area contributed by atoms with Crippen molar-refractivity contribution in [3.05, 3.63) is 68.3 Å². The first-order valence-electron chi connectivity index (χ1n) is 9.05. The topological polar surface area (TPSA) is 119 Å². The van der Waals surface area contributed by atoms with Crippen LogP contribution in [0.1, 0.15) is 36.0 Å². The fraction of sp³-hybridized carbons (Fsp3) is 0.316. The van der Waals surface area contributed by atoms with Crippen LogP contribution in [0.2, 0.25) is 0 Å². The lowest BCUT2D eigenvalue weighted by Gasteiger charge is -2.22. The summed E-state index contributed by atoms with van der Waals surface area (Å²) in [7, 11) is 0. The molecule has 0 saturated carbocycles. The number of nitrogens with one attached hydrogen (secondary N) is 1. The fourth-order valence-corrected chi connectivity index (χ4v) is 3.26. The molecule has 1 aliphatic rings. The Bertz CT molecular complexity index is 907. The summed E-state index contributed by atoms with van der Waals surface area (Å²) in [5.74, 6) is -0.130. The van der Waals surface area contributed by atoms with Gasteiger partial charge in [0.25, 0.3) is 17.3 Å². The van der Waals surface area contributed by atoms with Gasteiger partial charge in [0.05, 0.1) is 27.2 Å². The molecule has 0 atom stereocenters. The SMILES string of the molecule is O=C(c1ccccc1Nc1ccc([N+](=O)[O-])cc1[N+](=O)[O-])N1CCCCCC1. The average Bonchev–Trinajstić information content (AvgIpc) is 2.97. The van der Waals surface area contributed by atoms with Gasteiger partial charge in [-0.1, -0.05) is 25.0 Å². The second-order valence-corrected chi connectivity index (χ2v) is 6.59. The zero-order valence-corrected chi connectivity index (χ0v) is 15.2. The number of rotatable bonds is 5. The Morgan fingerprint density at radius 2 is 1.57 bits per heavy atom. The summed E-state index contributed by atoms with van der Waals surface area (Å²) in [6.45, 7) is 1.37. The number of anilines is 2. The molecule has 1 fully saturated rings. The van der Waals surface area contributed by atoms with Crippen molar-refractivity contribution in [3.63, 3.8) is 0 Å². The molecule has 0 unspecified atom stereocenters. The Morgan fingerprint density at radius 3 is 2.21 bits per heavy atom. The fourth-order valence-electron chi connectivity index (χ4n) is 3.26. The van der Waals surface area contributed by atoms with Crippen molar-refractivity contribution in [1.82, 2.24) is 4.90 Å². The lowest BCUT2D eigenvalue weighted by molar-refractivity contribution is -0.393. The summed E-state index contributed by atoms with van der Waals surface area (Å²) in [5, 5.41) is 25.2. The smallest absolute Gasteiger partial charge is 0.299 e. The van der Waals surface area contributed by atoms with Gasteiger partial charge in [-0.15, -0.1) is 0 Å². The standard InChI is InChI=1S/C19H20N4O5/c24-19(21-11-5-1-2-6-12-21)15-7-3-4-8-16(15)20-17-10-9-14(22(25)26)13-18(17)23(27)28/h3-4,7-10,13,20H,1-2,5-6,11-12H2. The highest BCUT2D eigenvalue weighted by molar-refractivity contribution is 6.00. The molecule has 1 amide bonds. The highest BCUT2D eigenvalue weighted by atomic mass is 16.6. The number of nitrogens with zero attached hydrogens (tertiary/aromatic N) is 3. The Morgan fingerprint density at radius 1 is 0.893 bits per heavy atom. The maximum absolute atomic E-state index is 13.0. The number of hydrogen-bond donors (Lipinski definition) is 1. The van der Waals surface area contributed by atoms with Crippen molar-refractivity contribution >= 4 is 28.7 Å². The van der Waals surface area contributed by atoms with Crippen molar-refractivity contribution in [2.75, 3.05) is 18.4 Å². The molecule has 28 heavy (non-hydrogen) atoms. The molecule has 1 saturated heterocycles. The minimum Gasteiger partial charge on any atom is -0.349 e. The minimum atomic E-state index is -0.687. The molecule has 9 nitrogen and oxygen atoms in total. The van der Waals surface area contributed by atoms with Crippen LogP contribution in [-0.4, -0.2) is 33.7 Å². The third-order valence-corrected chi connectivity index (χ3v) is 4.71. The first-order chi connectivity index (χ1) is 13.5. The molecule has 0 radical (unpaired) electrons. The summed E-state index contributed by atoms with van der Waals surface area (Å²) in [5.41, 5.74) is 0.134. The molecule has 1 aliphatic heterocycles. The minimum absolute atomic E-state index is 0.0896. The molecule has 2 aromatic rings. The van der Waals surface area contributed by atoms with Crippen LogP contribution in [0.4, 0.5) is 22.7 Å². The average molecular weight is 384 g/mol. The number of nitro benzene ring substituents is 2. The van der Waals surface area contributed by atoms with Gasteiger partial charge >= 0.3 is 0 Å². The van der Waals surface area contributed by atoms with E-state index in [4.69, 9.17) is 0 Å². The number of non-ortho nitro benzene ring substituents is 1. The Hall–Kier alpha value is -3.49. The van der Waals surface area contributed by atoms with E-state index >= 15 is 0 Å². The molecule has 0 aromatic heterocycles. The predicted octanol–water partition coefficient (Wildman–Crippen LogP) is 4.26. The summed E-state index contributed by atoms with van der Waals surface area (Å²) < 4.78 is 0. The van der Waals surface area contributed by atoms with Gasteiger partial charge in [-0.25, -0.2) is 0 Å². The van der Waals surface area contributed by atoms with E-state index in [1.807, 2.05) is 0 Å². The van der Waals surface area contributed by atoms with E-state index in [0.29, 0.717) is 24.3 Å². The molecule has 1 N–H and O–H groups in total. The summed E-state index contributed by atoms with van der Waals surface area (Å²) in [4.78, 5) is 35.7. The quantitative estimate of drug-likeness (QED) is 0.607. The van der Waals surface area contributed by atoms with E-state index in [1.165, 1.54) is 12.1 Å². The maximum atomic E-state index is 13.0. The van der Waals surface area contributed by atoms with E-state index < -0.39 is 15.5 Å². The monoisotopic (exact) mass is 384 g/mol. The van der Waals surface area contributed by atoms with Crippen LogP contribution in [0.5, 0.6) is 0 Å². The predicted molar refractivity (Wildman–Crippen MR) is 104 cm³/mol. The zero-order valence-electron chi connectivity index (χ0n) is 15.2. The van der Waals surface area contributed by atoms with Crippen molar-refractivity contribution in [2.24, 2.45) is 0 Å². The Labute approximate surface area is 161 Å². The van der Waals surface area contributed by atoms with E-state index in [2.05, 4.69) is 5.32 Å². The first-order valence-corrected chi connectivity index (χ1v) is 9.05. The number of hydrogen-bond acceptors (Lipinski definition) is 6. The van der Waals surface area contributed by atoms with E-state index in [0.717, 1.165) is 31.7 Å². The molecule has 0 spiro atoms. The van der Waals surface area contributed by atoms with Gasteiger partial charge in [0, 0.05) is 19.2 Å². The van der Waals surface area contributed by atoms with Crippen LogP contribution in [0.25, 0.3) is 0 Å². The Kier molecular flexibility index (Phi) is 5.83. The molecule has 0 aliphatic carbocycles. The normalized spacial score (nSPS) is 14.2. The number of carbonyl (C=O) groups excluding carboxylic acids is 1. The number of nitro groups is 2. The van der Waals surface area contributed by atoms with Crippen LogP contribution in [-0.2, 0) is 0 Å². The van der Waals surface area contributed by atoms with Gasteiger partial charge in [-0.05, 0) is 31.0 Å². The number of para-hydroxylation sites is 1. The molecule has 9 heteroatoms. The van der Waals surface area contributed by atoms with Gasteiger partial charge in [-0.3, -0.25) is 25.0 Å². The van der Waals surface area contributed by atoms with E-state index in [1.54, 1.807) is 29.2 Å². The van der Waals surface area contributed by atoms with Crippen LogP contribution in [0.15, 0.2) is 42.5 Å². The third-order valence-electron chi connectivity index (χ3n) is 4.71. The van der Waals surface area contributed by atoms with E-state index in [-0.39, 0.29) is 17.3 Å². The summed E-state index contributed by atoms with van der Waals surface area (Å²) in [6, 6.07) is 10.2. The second kappa shape index (κ2) is 8.47. The number of likely N-dealkylation sites (tertiary alicyclic amines) is 1. The molecule has 1 heterocycles. The second-order valence-electron chi connectivity index (χ2n) is 6.59. The molecular weight excluding hydrogens is 364 g/mol. The molecular formula is C19H20N4O5. The molecule has 3 rings (SSSR count). The molecule has 146 valence electrons. The summed E-state index contributed by atoms with van der Waals surface area (Å²) >= 11 is 0. The van der Waals surface area contributed by atoms with Crippen LogP contribution >= 0.6 is 0 Å². The van der Waals surface area contributed by atoms with Crippen LogP contribution in [0, 0.1) is 20.2 Å². The third kappa shape index (κ3) is 4.25. The number of amides is 1. The Balaban J connectivity index is 1.92. The van der Waals surface area contributed by atoms with E-state index in [9.17, 15) is 25.0 Å². The van der Waals surface area contributed by atoms with Crippen LogP contribution < -0.4 is 5.32 Å². The van der Waals surface area contributed by atoms with Gasteiger partial charge < -0.3 is 10.2 Å². The zero-order chi connectivity index (χ0) is 20.1. The highest BCUT2D eigenvalue weighted by Gasteiger charge is 2.23. The lowest BCUT2D eigenvalue weighted by Crippen LogP contribution is -2.32. The van der Waals surface area contributed by atoms with Gasteiger partial charge in [0.15, 0.2) is 0 Å². The number of benzene rings is 2. The first kappa shape index (κ1) is 19.3. The van der Waals surface area contributed by atoms with Gasteiger partial charge in [0.1, 0.15) is 5.69 Å². The number of carbonyl (C=O) groups is 1. The molecule has 2 aromatic carbocycles. The highest BCUT2D eigenvalue weighted by Crippen LogP contribution is 2.32. The van der Waals surface area contributed by atoms with Crippen molar-refractivity contribution < 1.29 is 14.6 Å². The van der Waals surface area contributed by atoms with Crippen molar-refractivity contribution in [3.8, 4) is 0 Å². The molecule has 0 bridgehead atoms. The summed E-state index contributed by atoms with van der Waals surface area (Å²) in [6.07, 6.45) is 4.10. The van der Waals surface area contributed by atoms with Crippen molar-refractivity contribution in [1.29, 1.82) is 0 Å². The lowest BCUT2D eigenvalue weighted by atomic mass is 10.1.